The zero-order valence-corrected chi connectivity index (χ0v) is 10.0. The van der Waals surface area contributed by atoms with Crippen molar-refractivity contribution in [3.63, 3.8) is 0 Å². The van der Waals surface area contributed by atoms with E-state index >= 15 is 0 Å². The topological polar surface area (TPSA) is 26.3 Å². The first-order valence-corrected chi connectivity index (χ1v) is 8.31. The Balaban J connectivity index is 2.65. The number of halogens is 5. The number of benzene rings is 1. The van der Waals surface area contributed by atoms with E-state index in [9.17, 15) is 18.0 Å². The van der Waals surface area contributed by atoms with Crippen LogP contribution in [0.5, 0.6) is 0 Å². The third-order valence-electron chi connectivity index (χ3n) is 1.27. The second kappa shape index (κ2) is 5.02. The minimum atomic E-state index is -4.99. The standard InChI is InChI=1S/C8H5ClF3IO2/c9-13(6-4-2-1-3-5-6)15-7(14)8(10,11)12/h1-5H. The summed E-state index contributed by atoms with van der Waals surface area (Å²) in [4.78, 5) is 10.5. The number of carbonyl (C=O) groups is 1. The zero-order valence-electron chi connectivity index (χ0n) is 7.09. The van der Waals surface area contributed by atoms with E-state index in [2.05, 4.69) is 3.07 Å². The van der Waals surface area contributed by atoms with Crippen LogP contribution in [0.25, 0.3) is 0 Å². The number of hydrogen-bond acceptors (Lipinski definition) is 2. The Labute approximate surface area is 95.0 Å². The summed E-state index contributed by atoms with van der Waals surface area (Å²) in [5.41, 5.74) is 0. The third-order valence-corrected chi connectivity index (χ3v) is 5.26. The van der Waals surface area contributed by atoms with Gasteiger partial charge in [0.05, 0.1) is 0 Å². The molecule has 0 amide bonds. The van der Waals surface area contributed by atoms with Crippen LogP contribution >= 0.6 is 28.0 Å². The number of alkyl halides is 3. The van der Waals surface area contributed by atoms with Crippen LogP contribution in [0.15, 0.2) is 30.3 Å². The van der Waals surface area contributed by atoms with Gasteiger partial charge >= 0.3 is 95.1 Å². The van der Waals surface area contributed by atoms with Gasteiger partial charge < -0.3 is 0 Å². The van der Waals surface area contributed by atoms with Crippen LogP contribution in [-0.2, 0) is 7.86 Å². The van der Waals surface area contributed by atoms with Crippen molar-refractivity contribution in [1.82, 2.24) is 0 Å². The van der Waals surface area contributed by atoms with Crippen LogP contribution in [0.4, 0.5) is 13.2 Å². The van der Waals surface area contributed by atoms with Crippen molar-refractivity contribution < 1.29 is 21.0 Å². The molecule has 1 aromatic rings. The Hall–Kier alpha value is -0.500. The van der Waals surface area contributed by atoms with Crippen LogP contribution in [0.1, 0.15) is 0 Å². The molecule has 0 aliphatic heterocycles. The van der Waals surface area contributed by atoms with Gasteiger partial charge in [0.1, 0.15) is 0 Å². The molecule has 1 aromatic carbocycles. The van der Waals surface area contributed by atoms with E-state index in [1.807, 2.05) is 0 Å². The first-order valence-electron chi connectivity index (χ1n) is 3.62. The van der Waals surface area contributed by atoms with Gasteiger partial charge in [0.2, 0.25) is 0 Å². The quantitative estimate of drug-likeness (QED) is 0.761. The maximum atomic E-state index is 11.8. The predicted octanol–water partition coefficient (Wildman–Crippen LogP) is 3.54. The summed E-state index contributed by atoms with van der Waals surface area (Å²) in [5.74, 6) is -2.23. The van der Waals surface area contributed by atoms with Gasteiger partial charge in [0.15, 0.2) is 0 Å². The summed E-state index contributed by atoms with van der Waals surface area (Å²) in [7, 11) is 5.62. The molecular formula is C8H5ClF3IO2. The predicted molar refractivity (Wildman–Crippen MR) is 57.2 cm³/mol. The summed E-state index contributed by atoms with van der Waals surface area (Å²) in [6.07, 6.45) is -4.99. The van der Waals surface area contributed by atoms with Crippen LogP contribution in [-0.4, -0.2) is 12.1 Å². The fraction of sp³-hybridized carbons (Fsp3) is 0.125. The van der Waals surface area contributed by atoms with Gasteiger partial charge in [-0.25, -0.2) is 0 Å². The van der Waals surface area contributed by atoms with E-state index in [1.54, 1.807) is 18.2 Å². The van der Waals surface area contributed by atoms with Crippen LogP contribution < -0.4 is 0 Å². The molecule has 0 heterocycles. The average molecular weight is 352 g/mol. The van der Waals surface area contributed by atoms with Crippen molar-refractivity contribution >= 4 is 34.0 Å². The van der Waals surface area contributed by atoms with Crippen molar-refractivity contribution in [1.29, 1.82) is 0 Å². The Morgan fingerprint density at radius 2 is 1.80 bits per heavy atom. The molecule has 0 spiro atoms. The van der Waals surface area contributed by atoms with Gasteiger partial charge in [-0.15, -0.1) is 0 Å². The Morgan fingerprint density at radius 3 is 2.27 bits per heavy atom. The first-order chi connectivity index (χ1) is 6.91. The molecule has 0 aromatic heterocycles. The number of carbonyl (C=O) groups excluding carboxylic acids is 1. The molecule has 0 atom stereocenters. The second-order valence-electron chi connectivity index (χ2n) is 2.36. The van der Waals surface area contributed by atoms with Crippen LogP contribution in [0.2, 0.25) is 0 Å². The fourth-order valence-electron chi connectivity index (χ4n) is 0.664. The summed E-state index contributed by atoms with van der Waals surface area (Å²) < 4.78 is 40.1. The van der Waals surface area contributed by atoms with Crippen molar-refractivity contribution in [2.75, 3.05) is 0 Å². The van der Waals surface area contributed by atoms with Gasteiger partial charge in [-0.1, -0.05) is 0 Å². The summed E-state index contributed by atoms with van der Waals surface area (Å²) in [6.45, 7) is 0. The monoisotopic (exact) mass is 352 g/mol. The molecule has 15 heavy (non-hydrogen) atoms. The van der Waals surface area contributed by atoms with E-state index in [0.29, 0.717) is 3.57 Å². The molecule has 1 rings (SSSR count). The molecule has 0 aliphatic carbocycles. The molecule has 84 valence electrons. The van der Waals surface area contributed by atoms with E-state index in [1.165, 1.54) is 12.1 Å². The normalized spacial score (nSPS) is 12.1. The van der Waals surface area contributed by atoms with Gasteiger partial charge in [-0.3, -0.25) is 0 Å². The van der Waals surface area contributed by atoms with Gasteiger partial charge in [-0.05, 0) is 0 Å². The van der Waals surface area contributed by atoms with Crippen molar-refractivity contribution in [2.24, 2.45) is 0 Å². The van der Waals surface area contributed by atoms with Gasteiger partial charge in [-0.2, -0.15) is 0 Å². The molecule has 2 nitrogen and oxygen atoms in total. The van der Waals surface area contributed by atoms with Crippen LogP contribution in [0, 0.1) is 3.57 Å². The molecule has 0 fully saturated rings. The van der Waals surface area contributed by atoms with Crippen molar-refractivity contribution in [3.05, 3.63) is 33.9 Å². The number of rotatable bonds is 2. The molecule has 0 radical (unpaired) electrons. The first kappa shape index (κ1) is 12.6. The second-order valence-corrected chi connectivity index (χ2v) is 6.97. The van der Waals surface area contributed by atoms with Crippen molar-refractivity contribution in [2.45, 2.75) is 6.18 Å². The van der Waals surface area contributed by atoms with Crippen LogP contribution in [0.3, 0.4) is 0 Å². The van der Waals surface area contributed by atoms with E-state index in [-0.39, 0.29) is 0 Å². The molecule has 0 aliphatic rings. The summed E-state index contributed by atoms with van der Waals surface area (Å²) in [6, 6.07) is 7.98. The van der Waals surface area contributed by atoms with E-state index < -0.39 is 31.3 Å². The van der Waals surface area contributed by atoms with Crippen molar-refractivity contribution in [3.8, 4) is 0 Å². The summed E-state index contributed by atoms with van der Waals surface area (Å²) in [5, 5.41) is 0. The molecule has 0 saturated carbocycles. The third kappa shape index (κ3) is 3.86. The zero-order chi connectivity index (χ0) is 11.5. The molecule has 7 heteroatoms. The molecule has 0 unspecified atom stereocenters. The Bertz CT molecular complexity index is 341. The number of hydrogen-bond donors (Lipinski definition) is 0. The Kier molecular flexibility index (Phi) is 4.21. The molecular weight excluding hydrogens is 347 g/mol. The molecule has 0 saturated heterocycles. The van der Waals surface area contributed by atoms with Gasteiger partial charge in [0, 0.05) is 0 Å². The SMILES string of the molecule is O=C(OI(Cl)c1ccccc1)C(F)(F)F. The average Bonchev–Trinajstić information content (AvgIpc) is 2.17. The Morgan fingerprint density at radius 1 is 1.27 bits per heavy atom. The van der Waals surface area contributed by atoms with Gasteiger partial charge in [0.25, 0.3) is 0 Å². The minimum absolute atomic E-state index is 0.445. The van der Waals surface area contributed by atoms with E-state index in [0.717, 1.165) is 0 Å². The summed E-state index contributed by atoms with van der Waals surface area (Å²) >= 11 is -2.99. The fourth-order valence-corrected chi connectivity index (χ4v) is 3.49. The maximum absolute atomic E-state index is 11.8. The molecule has 0 bridgehead atoms. The van der Waals surface area contributed by atoms with E-state index in [4.69, 9.17) is 8.91 Å². The molecule has 0 N–H and O–H groups in total.